The van der Waals surface area contributed by atoms with E-state index in [9.17, 15) is 4.79 Å². The molecule has 0 spiro atoms. The van der Waals surface area contributed by atoms with Gasteiger partial charge in [-0.25, -0.2) is 0 Å². The van der Waals surface area contributed by atoms with Crippen molar-refractivity contribution in [2.75, 3.05) is 0 Å². The van der Waals surface area contributed by atoms with Crippen molar-refractivity contribution >= 4 is 5.91 Å². The first-order valence-electron chi connectivity index (χ1n) is 9.23. The SMILES string of the molecule is Cc1cccnc1CC(=O)NC1CCc2nnc(-c3ccncc3)n2CC1. The molecule has 1 atom stereocenters. The van der Waals surface area contributed by atoms with Crippen LogP contribution in [0.2, 0.25) is 0 Å². The maximum atomic E-state index is 12.5. The smallest absolute Gasteiger partial charge is 0.226 e. The number of aromatic nitrogens is 5. The predicted octanol–water partition coefficient (Wildman–Crippen LogP) is 2.11. The number of nitrogens with zero attached hydrogens (tertiary/aromatic N) is 5. The molecule has 3 aromatic heterocycles. The molecule has 0 saturated carbocycles. The molecule has 27 heavy (non-hydrogen) atoms. The van der Waals surface area contributed by atoms with Crippen molar-refractivity contribution in [3.05, 3.63) is 59.9 Å². The van der Waals surface area contributed by atoms with Crippen LogP contribution in [-0.4, -0.2) is 36.7 Å². The van der Waals surface area contributed by atoms with E-state index in [0.717, 1.165) is 54.3 Å². The summed E-state index contributed by atoms with van der Waals surface area (Å²) in [5.74, 6) is 1.86. The molecule has 1 aliphatic heterocycles. The third kappa shape index (κ3) is 3.86. The summed E-state index contributed by atoms with van der Waals surface area (Å²) in [6, 6.07) is 7.88. The third-order valence-electron chi connectivity index (χ3n) is 4.99. The number of pyridine rings is 2. The van der Waals surface area contributed by atoms with E-state index in [0.29, 0.717) is 6.42 Å². The zero-order valence-corrected chi connectivity index (χ0v) is 15.3. The van der Waals surface area contributed by atoms with Gasteiger partial charge in [0.15, 0.2) is 5.82 Å². The Labute approximate surface area is 157 Å². The molecule has 0 bridgehead atoms. The Kier molecular flexibility index (Phi) is 4.91. The van der Waals surface area contributed by atoms with Crippen LogP contribution in [0.15, 0.2) is 42.9 Å². The van der Waals surface area contributed by atoms with Crippen molar-refractivity contribution in [3.63, 3.8) is 0 Å². The molecule has 4 heterocycles. The molecule has 3 aromatic rings. The average molecular weight is 362 g/mol. The van der Waals surface area contributed by atoms with E-state index in [2.05, 4.69) is 30.0 Å². The Morgan fingerprint density at radius 1 is 1.19 bits per heavy atom. The van der Waals surface area contributed by atoms with Gasteiger partial charge in [0.05, 0.1) is 12.1 Å². The minimum absolute atomic E-state index is 0.0221. The predicted molar refractivity (Wildman–Crippen MR) is 101 cm³/mol. The second-order valence-corrected chi connectivity index (χ2v) is 6.86. The van der Waals surface area contributed by atoms with E-state index in [1.54, 1.807) is 18.6 Å². The second-order valence-electron chi connectivity index (χ2n) is 6.86. The van der Waals surface area contributed by atoms with Crippen molar-refractivity contribution < 1.29 is 4.79 Å². The largest absolute Gasteiger partial charge is 0.353 e. The van der Waals surface area contributed by atoms with Crippen LogP contribution in [0.3, 0.4) is 0 Å². The molecular weight excluding hydrogens is 340 g/mol. The molecule has 0 fully saturated rings. The number of hydrogen-bond acceptors (Lipinski definition) is 5. The highest BCUT2D eigenvalue weighted by Crippen LogP contribution is 2.22. The molecule has 1 N–H and O–H groups in total. The second kappa shape index (κ2) is 7.65. The lowest BCUT2D eigenvalue weighted by Gasteiger charge is -2.16. The molecule has 7 heteroatoms. The number of rotatable bonds is 4. The van der Waals surface area contributed by atoms with Crippen molar-refractivity contribution in [2.24, 2.45) is 0 Å². The molecule has 1 amide bonds. The summed E-state index contributed by atoms with van der Waals surface area (Å²) in [5, 5.41) is 11.9. The zero-order valence-electron chi connectivity index (χ0n) is 15.3. The summed E-state index contributed by atoms with van der Waals surface area (Å²) >= 11 is 0. The van der Waals surface area contributed by atoms with Gasteiger partial charge in [0.2, 0.25) is 5.91 Å². The summed E-state index contributed by atoms with van der Waals surface area (Å²) in [6.45, 7) is 2.77. The summed E-state index contributed by atoms with van der Waals surface area (Å²) < 4.78 is 2.16. The van der Waals surface area contributed by atoms with Crippen LogP contribution in [-0.2, 0) is 24.2 Å². The van der Waals surface area contributed by atoms with Crippen molar-refractivity contribution in [3.8, 4) is 11.4 Å². The van der Waals surface area contributed by atoms with Crippen LogP contribution in [0.5, 0.6) is 0 Å². The minimum Gasteiger partial charge on any atom is -0.353 e. The summed E-state index contributed by atoms with van der Waals surface area (Å²) in [4.78, 5) is 20.8. The molecule has 0 aromatic carbocycles. The lowest BCUT2D eigenvalue weighted by molar-refractivity contribution is -0.121. The molecule has 1 unspecified atom stereocenters. The van der Waals surface area contributed by atoms with Crippen molar-refractivity contribution in [1.82, 2.24) is 30.0 Å². The Bertz CT molecular complexity index is 937. The summed E-state index contributed by atoms with van der Waals surface area (Å²) in [6.07, 6.45) is 8.08. The summed E-state index contributed by atoms with van der Waals surface area (Å²) in [7, 11) is 0. The van der Waals surface area contributed by atoms with Crippen molar-refractivity contribution in [1.29, 1.82) is 0 Å². The molecule has 0 saturated heterocycles. The molecule has 0 radical (unpaired) electrons. The Morgan fingerprint density at radius 3 is 2.85 bits per heavy atom. The average Bonchev–Trinajstić information content (AvgIpc) is 2.99. The molecule has 0 aliphatic carbocycles. The molecule has 1 aliphatic rings. The standard InChI is InChI=1S/C20H22N6O/c1-14-3-2-9-22-17(14)13-19(27)23-16-4-5-18-24-25-20(26(18)12-8-16)15-6-10-21-11-7-15/h2-3,6-7,9-11,16H,4-5,8,12-13H2,1H3,(H,23,27). The van der Waals surface area contributed by atoms with Gasteiger partial charge in [-0.3, -0.25) is 14.8 Å². The van der Waals surface area contributed by atoms with E-state index in [4.69, 9.17) is 0 Å². The van der Waals surface area contributed by atoms with Crippen LogP contribution in [0.25, 0.3) is 11.4 Å². The fourth-order valence-corrected chi connectivity index (χ4v) is 3.48. The van der Waals surface area contributed by atoms with Crippen LogP contribution in [0.1, 0.15) is 29.9 Å². The highest BCUT2D eigenvalue weighted by atomic mass is 16.1. The number of hydrogen-bond donors (Lipinski definition) is 1. The number of nitrogens with one attached hydrogen (secondary N) is 1. The summed E-state index contributed by atoms with van der Waals surface area (Å²) in [5.41, 5.74) is 2.89. The fraction of sp³-hybridized carbons (Fsp3) is 0.350. The van der Waals surface area contributed by atoms with Crippen LogP contribution >= 0.6 is 0 Å². The maximum Gasteiger partial charge on any atom is 0.226 e. The van der Waals surface area contributed by atoms with Gasteiger partial charge in [-0.1, -0.05) is 6.07 Å². The Balaban J connectivity index is 1.41. The number of carbonyl (C=O) groups is 1. The van der Waals surface area contributed by atoms with Crippen molar-refractivity contribution in [2.45, 2.75) is 45.2 Å². The first-order valence-corrected chi connectivity index (χ1v) is 9.23. The highest BCUT2D eigenvalue weighted by Gasteiger charge is 2.22. The van der Waals surface area contributed by atoms with E-state index < -0.39 is 0 Å². The van der Waals surface area contributed by atoms with E-state index in [1.807, 2.05) is 31.2 Å². The molecule has 4 rings (SSSR count). The van der Waals surface area contributed by atoms with Gasteiger partial charge in [-0.05, 0) is 43.5 Å². The zero-order chi connectivity index (χ0) is 18.6. The van der Waals surface area contributed by atoms with Gasteiger partial charge in [-0.2, -0.15) is 0 Å². The number of carbonyl (C=O) groups excluding carboxylic acids is 1. The first kappa shape index (κ1) is 17.3. The lowest BCUT2D eigenvalue weighted by atomic mass is 10.1. The highest BCUT2D eigenvalue weighted by molar-refractivity contribution is 5.78. The van der Waals surface area contributed by atoms with Crippen LogP contribution in [0.4, 0.5) is 0 Å². The van der Waals surface area contributed by atoms with Gasteiger partial charge in [0, 0.05) is 43.2 Å². The Morgan fingerprint density at radius 2 is 2.04 bits per heavy atom. The monoisotopic (exact) mass is 362 g/mol. The number of amides is 1. The first-order chi connectivity index (χ1) is 13.2. The maximum absolute atomic E-state index is 12.5. The quantitative estimate of drug-likeness (QED) is 0.768. The number of fused-ring (bicyclic) bond motifs is 1. The molecule has 138 valence electrons. The number of aryl methyl sites for hydroxylation is 2. The van der Waals surface area contributed by atoms with E-state index in [-0.39, 0.29) is 11.9 Å². The van der Waals surface area contributed by atoms with Gasteiger partial charge in [0.1, 0.15) is 5.82 Å². The van der Waals surface area contributed by atoms with Crippen LogP contribution in [0, 0.1) is 6.92 Å². The molecule has 7 nitrogen and oxygen atoms in total. The van der Waals surface area contributed by atoms with Gasteiger partial charge >= 0.3 is 0 Å². The topological polar surface area (TPSA) is 85.6 Å². The van der Waals surface area contributed by atoms with E-state index >= 15 is 0 Å². The Hall–Kier alpha value is -3.09. The minimum atomic E-state index is 0.0221. The molecular formula is C20H22N6O. The third-order valence-corrected chi connectivity index (χ3v) is 4.99. The normalized spacial score (nSPS) is 16.4. The van der Waals surface area contributed by atoms with Crippen LogP contribution < -0.4 is 5.32 Å². The van der Waals surface area contributed by atoms with Gasteiger partial charge in [-0.15, -0.1) is 10.2 Å². The van der Waals surface area contributed by atoms with Gasteiger partial charge < -0.3 is 9.88 Å². The van der Waals surface area contributed by atoms with E-state index in [1.165, 1.54) is 0 Å². The fourth-order valence-electron chi connectivity index (χ4n) is 3.48. The lowest BCUT2D eigenvalue weighted by Crippen LogP contribution is -2.36. The van der Waals surface area contributed by atoms with Gasteiger partial charge in [0.25, 0.3) is 0 Å².